The molecule has 1 aromatic rings. The van der Waals surface area contributed by atoms with E-state index in [9.17, 15) is 9.59 Å². The molecule has 1 aliphatic heterocycles. The molecule has 0 saturated heterocycles. The van der Waals surface area contributed by atoms with Gasteiger partial charge in [0.1, 0.15) is 5.60 Å². The summed E-state index contributed by atoms with van der Waals surface area (Å²) in [6.45, 7) is 9.64. The molecule has 0 N–H and O–H groups in total. The van der Waals surface area contributed by atoms with Gasteiger partial charge in [0.2, 0.25) is 0 Å². The van der Waals surface area contributed by atoms with E-state index in [2.05, 4.69) is 22.0 Å². The van der Waals surface area contributed by atoms with Crippen molar-refractivity contribution in [2.24, 2.45) is 5.41 Å². The third-order valence-corrected chi connectivity index (χ3v) is 5.75. The summed E-state index contributed by atoms with van der Waals surface area (Å²) in [5, 5.41) is 0. The van der Waals surface area contributed by atoms with Crippen molar-refractivity contribution in [3.63, 3.8) is 0 Å². The topological polar surface area (TPSA) is 55.8 Å². The lowest BCUT2D eigenvalue weighted by Crippen LogP contribution is -2.50. The van der Waals surface area contributed by atoms with Crippen molar-refractivity contribution in [3.05, 3.63) is 20.3 Å². The van der Waals surface area contributed by atoms with E-state index < -0.39 is 23.2 Å². The largest absolute Gasteiger partial charge is 0.469 e. The van der Waals surface area contributed by atoms with Gasteiger partial charge in [-0.15, -0.1) is 11.3 Å². The fraction of sp³-hybridized carbons (Fsp3) is 0.647. The molecule has 1 aliphatic rings. The second kappa shape index (κ2) is 6.67. The van der Waals surface area contributed by atoms with Crippen LogP contribution in [0.3, 0.4) is 0 Å². The summed E-state index contributed by atoms with van der Waals surface area (Å²) >= 11 is 5.07. The number of nitrogens with zero attached hydrogens (tertiary/aromatic N) is 1. The second-order valence-electron chi connectivity index (χ2n) is 7.48. The van der Waals surface area contributed by atoms with Crippen LogP contribution >= 0.6 is 27.3 Å². The van der Waals surface area contributed by atoms with E-state index in [1.165, 1.54) is 7.11 Å². The van der Waals surface area contributed by atoms with Crippen molar-refractivity contribution in [2.75, 3.05) is 13.7 Å². The highest BCUT2D eigenvalue weighted by molar-refractivity contribution is 9.11. The first-order valence-electron chi connectivity index (χ1n) is 7.83. The number of ether oxygens (including phenoxy) is 2. The van der Waals surface area contributed by atoms with Crippen molar-refractivity contribution >= 4 is 39.3 Å². The zero-order valence-corrected chi connectivity index (χ0v) is 17.3. The summed E-state index contributed by atoms with van der Waals surface area (Å²) < 4.78 is 11.5. The Hall–Kier alpha value is -1.08. The third kappa shape index (κ3) is 3.77. The minimum absolute atomic E-state index is 0.349. The maximum Gasteiger partial charge on any atom is 0.410 e. The Morgan fingerprint density at radius 2 is 1.92 bits per heavy atom. The number of thiophene rings is 1. The lowest BCUT2D eigenvalue weighted by Gasteiger charge is -2.43. The lowest BCUT2D eigenvalue weighted by molar-refractivity contribution is -0.155. The molecule has 1 amide bonds. The highest BCUT2D eigenvalue weighted by Gasteiger charge is 2.48. The first-order chi connectivity index (χ1) is 11.0. The number of esters is 1. The molecule has 0 radical (unpaired) electrons. The Balaban J connectivity index is 2.47. The number of carbonyl (C=O) groups is 2. The summed E-state index contributed by atoms with van der Waals surface area (Å²) in [7, 11) is 1.37. The van der Waals surface area contributed by atoms with Crippen LogP contribution in [0, 0.1) is 5.41 Å². The van der Waals surface area contributed by atoms with Gasteiger partial charge in [-0.25, -0.2) is 4.79 Å². The number of hydrogen-bond acceptors (Lipinski definition) is 5. The lowest BCUT2D eigenvalue weighted by atomic mass is 9.79. The van der Waals surface area contributed by atoms with E-state index in [4.69, 9.17) is 9.47 Å². The predicted molar refractivity (Wildman–Crippen MR) is 97.2 cm³/mol. The van der Waals surface area contributed by atoms with Gasteiger partial charge >= 0.3 is 12.1 Å². The standard InChI is InChI=1S/C17H24BrNO4S/c1-16(2,3)23-15(21)19-8-7-10-9-11(18)24-12(10)13(19)17(4,5)14(20)22-6/h9,13H,7-8H2,1-6H3. The molecule has 5 nitrogen and oxygen atoms in total. The normalized spacial score (nSPS) is 18.1. The van der Waals surface area contributed by atoms with Gasteiger partial charge in [0.05, 0.1) is 22.4 Å². The highest BCUT2D eigenvalue weighted by atomic mass is 79.9. The van der Waals surface area contributed by atoms with Gasteiger partial charge in [0, 0.05) is 11.4 Å². The summed E-state index contributed by atoms with van der Waals surface area (Å²) in [5.41, 5.74) is -0.313. The third-order valence-electron chi connectivity index (χ3n) is 4.02. The van der Waals surface area contributed by atoms with Crippen LogP contribution < -0.4 is 0 Å². The number of rotatable bonds is 2. The first-order valence-corrected chi connectivity index (χ1v) is 9.44. The Morgan fingerprint density at radius 3 is 2.46 bits per heavy atom. The maximum atomic E-state index is 12.7. The van der Waals surface area contributed by atoms with E-state index >= 15 is 0 Å². The second-order valence-corrected chi connectivity index (χ2v) is 9.94. The van der Waals surface area contributed by atoms with Gasteiger partial charge in [-0.2, -0.15) is 0 Å². The fourth-order valence-electron chi connectivity index (χ4n) is 2.96. The summed E-state index contributed by atoms with van der Waals surface area (Å²) in [5.74, 6) is -0.349. The van der Waals surface area contributed by atoms with E-state index in [0.29, 0.717) is 6.54 Å². The minimum Gasteiger partial charge on any atom is -0.469 e. The zero-order valence-electron chi connectivity index (χ0n) is 14.9. The van der Waals surface area contributed by atoms with Crippen LogP contribution in [0.4, 0.5) is 4.79 Å². The molecule has 0 saturated carbocycles. The Labute approximate surface area is 155 Å². The molecule has 0 bridgehead atoms. The van der Waals surface area contributed by atoms with Crippen LogP contribution in [0.5, 0.6) is 0 Å². The number of methoxy groups -OCH3 is 1. The van der Waals surface area contributed by atoms with Crippen LogP contribution in [-0.2, 0) is 20.7 Å². The summed E-state index contributed by atoms with van der Waals surface area (Å²) in [6.07, 6.45) is 0.337. The molecule has 134 valence electrons. The molecule has 24 heavy (non-hydrogen) atoms. The van der Waals surface area contributed by atoms with Crippen LogP contribution in [-0.4, -0.2) is 36.2 Å². The van der Waals surface area contributed by atoms with Crippen molar-refractivity contribution < 1.29 is 19.1 Å². The van der Waals surface area contributed by atoms with E-state index in [1.54, 1.807) is 16.2 Å². The average molecular weight is 418 g/mol. The molecule has 2 rings (SSSR count). The molecule has 1 unspecified atom stereocenters. The fourth-order valence-corrected chi connectivity index (χ4v) is 4.99. The van der Waals surface area contributed by atoms with Crippen LogP contribution in [0.2, 0.25) is 0 Å². The molecule has 0 aliphatic carbocycles. The first kappa shape index (κ1) is 19.2. The molecule has 0 aromatic carbocycles. The molecule has 2 heterocycles. The number of amides is 1. The average Bonchev–Trinajstić information content (AvgIpc) is 2.82. The Kier molecular flexibility index (Phi) is 5.35. The number of carbonyl (C=O) groups excluding carboxylic acids is 2. The zero-order chi connectivity index (χ0) is 18.3. The molecular weight excluding hydrogens is 394 g/mol. The monoisotopic (exact) mass is 417 g/mol. The van der Waals surface area contributed by atoms with Crippen molar-refractivity contribution in [3.8, 4) is 0 Å². The minimum atomic E-state index is -0.884. The van der Waals surface area contributed by atoms with Crippen LogP contribution in [0.1, 0.15) is 51.1 Å². The molecule has 0 fully saturated rings. The van der Waals surface area contributed by atoms with Gasteiger partial charge in [-0.05, 0) is 68.6 Å². The van der Waals surface area contributed by atoms with E-state index in [0.717, 1.165) is 20.6 Å². The highest BCUT2D eigenvalue weighted by Crippen LogP contribution is 2.48. The van der Waals surface area contributed by atoms with Crippen molar-refractivity contribution in [1.82, 2.24) is 4.90 Å². The van der Waals surface area contributed by atoms with E-state index in [-0.39, 0.29) is 5.97 Å². The van der Waals surface area contributed by atoms with Crippen LogP contribution in [0.25, 0.3) is 0 Å². The Bertz CT molecular complexity index is 648. The van der Waals surface area contributed by atoms with Crippen molar-refractivity contribution in [1.29, 1.82) is 0 Å². The molecule has 7 heteroatoms. The number of halogens is 1. The van der Waals surface area contributed by atoms with Gasteiger partial charge < -0.3 is 9.47 Å². The van der Waals surface area contributed by atoms with Gasteiger partial charge in [0.25, 0.3) is 0 Å². The summed E-state index contributed by atoms with van der Waals surface area (Å²) in [6, 6.07) is 1.65. The molecule has 1 aromatic heterocycles. The van der Waals surface area contributed by atoms with E-state index in [1.807, 2.05) is 34.6 Å². The molecular formula is C17H24BrNO4S. The van der Waals surface area contributed by atoms with Gasteiger partial charge in [-0.3, -0.25) is 9.69 Å². The van der Waals surface area contributed by atoms with Gasteiger partial charge in [-0.1, -0.05) is 0 Å². The SMILES string of the molecule is COC(=O)C(C)(C)C1c2sc(Br)cc2CCN1C(=O)OC(C)(C)C. The summed E-state index contributed by atoms with van der Waals surface area (Å²) in [4.78, 5) is 27.8. The molecule has 0 spiro atoms. The van der Waals surface area contributed by atoms with Crippen molar-refractivity contribution in [2.45, 2.75) is 52.7 Å². The van der Waals surface area contributed by atoms with Gasteiger partial charge in [0.15, 0.2) is 0 Å². The smallest absolute Gasteiger partial charge is 0.410 e. The maximum absolute atomic E-state index is 12.7. The number of fused-ring (bicyclic) bond motifs is 1. The number of hydrogen-bond donors (Lipinski definition) is 0. The Morgan fingerprint density at radius 1 is 1.29 bits per heavy atom. The predicted octanol–water partition coefficient (Wildman–Crippen LogP) is 4.54. The molecule has 1 atom stereocenters. The quantitative estimate of drug-likeness (QED) is 0.662. The van der Waals surface area contributed by atoms with Crippen LogP contribution in [0.15, 0.2) is 9.85 Å².